The summed E-state index contributed by atoms with van der Waals surface area (Å²) >= 11 is 5.21. The number of halogens is 1. The molecule has 0 amide bonds. The number of hydrogen-bond acceptors (Lipinski definition) is 4. The molecule has 1 heterocycles. The van der Waals surface area contributed by atoms with Gasteiger partial charge in [-0.1, -0.05) is 18.2 Å². The summed E-state index contributed by atoms with van der Waals surface area (Å²) in [6.07, 6.45) is 3.36. The van der Waals surface area contributed by atoms with E-state index in [1.807, 2.05) is 0 Å². The summed E-state index contributed by atoms with van der Waals surface area (Å²) in [5.74, 6) is -0.283. The highest BCUT2D eigenvalue weighted by atomic mass is 32.1. The lowest BCUT2D eigenvalue weighted by Crippen LogP contribution is -2.18. The van der Waals surface area contributed by atoms with Gasteiger partial charge in [-0.25, -0.2) is 4.39 Å². The van der Waals surface area contributed by atoms with Gasteiger partial charge >= 0.3 is 0 Å². The average Bonchev–Trinajstić information content (AvgIpc) is 3.04. The van der Waals surface area contributed by atoms with Crippen LogP contribution >= 0.6 is 12.2 Å². The normalized spacial score (nSPS) is 10.3. The third-order valence-corrected chi connectivity index (χ3v) is 3.67. The fourth-order valence-electron chi connectivity index (χ4n) is 2.28. The minimum absolute atomic E-state index is 0.0232. The molecule has 3 rings (SSSR count). The van der Waals surface area contributed by atoms with E-state index in [4.69, 9.17) is 12.2 Å². The first-order chi connectivity index (χ1) is 12.5. The molecular weight excluding hydrogens is 357 g/mol. The van der Waals surface area contributed by atoms with Crippen molar-refractivity contribution in [1.82, 2.24) is 9.78 Å². The molecule has 0 spiro atoms. The van der Waals surface area contributed by atoms with E-state index < -0.39 is 4.92 Å². The number of nitrogens with zero attached hydrogens (tertiary/aromatic N) is 3. The number of anilines is 2. The lowest BCUT2D eigenvalue weighted by atomic mass is 10.2. The molecule has 9 heteroatoms. The van der Waals surface area contributed by atoms with Gasteiger partial charge in [0.25, 0.3) is 5.69 Å². The van der Waals surface area contributed by atoms with Crippen LogP contribution < -0.4 is 10.6 Å². The van der Waals surface area contributed by atoms with Crippen LogP contribution in [0.1, 0.15) is 5.56 Å². The third-order valence-electron chi connectivity index (χ3n) is 3.46. The minimum Gasteiger partial charge on any atom is -0.332 e. The second-order valence-electron chi connectivity index (χ2n) is 5.44. The van der Waals surface area contributed by atoms with Gasteiger partial charge in [-0.3, -0.25) is 14.8 Å². The molecule has 0 aliphatic rings. The molecule has 0 aliphatic heterocycles. The molecule has 0 radical (unpaired) electrons. The summed E-state index contributed by atoms with van der Waals surface area (Å²) < 4.78 is 14.6. The molecule has 7 nitrogen and oxygen atoms in total. The van der Waals surface area contributed by atoms with Gasteiger partial charge in [-0.2, -0.15) is 5.10 Å². The van der Waals surface area contributed by atoms with E-state index >= 15 is 0 Å². The number of non-ortho nitro benzene ring substituents is 1. The van der Waals surface area contributed by atoms with Gasteiger partial charge in [0, 0.05) is 24.0 Å². The van der Waals surface area contributed by atoms with Crippen molar-refractivity contribution < 1.29 is 9.31 Å². The number of nitro benzene ring substituents is 1. The lowest BCUT2D eigenvalue weighted by Gasteiger charge is -2.08. The van der Waals surface area contributed by atoms with Crippen molar-refractivity contribution in [3.05, 3.63) is 82.4 Å². The van der Waals surface area contributed by atoms with Crippen LogP contribution in [-0.4, -0.2) is 19.8 Å². The maximum atomic E-state index is 12.9. The Labute approximate surface area is 153 Å². The maximum Gasteiger partial charge on any atom is 0.271 e. The minimum atomic E-state index is -0.471. The van der Waals surface area contributed by atoms with Gasteiger partial charge in [-0.05, 0) is 36.0 Å². The molecule has 3 aromatic rings. The van der Waals surface area contributed by atoms with Crippen LogP contribution in [0.15, 0.2) is 60.9 Å². The van der Waals surface area contributed by atoms with Crippen LogP contribution in [0.4, 0.5) is 21.5 Å². The SMILES string of the molecule is O=[N+]([O-])c1cccc(NC(=S)Nc2cnn(Cc3ccc(F)cc3)c2)c1. The highest BCUT2D eigenvalue weighted by Gasteiger charge is 2.07. The average molecular weight is 371 g/mol. The van der Waals surface area contributed by atoms with Crippen molar-refractivity contribution in [3.8, 4) is 0 Å². The Hall–Kier alpha value is -3.33. The largest absolute Gasteiger partial charge is 0.332 e. The molecule has 26 heavy (non-hydrogen) atoms. The Kier molecular flexibility index (Phi) is 5.18. The molecule has 1 aromatic heterocycles. The van der Waals surface area contributed by atoms with Crippen LogP contribution in [0.5, 0.6) is 0 Å². The van der Waals surface area contributed by atoms with Crippen LogP contribution in [0.25, 0.3) is 0 Å². The van der Waals surface area contributed by atoms with E-state index in [-0.39, 0.29) is 16.6 Å². The maximum absolute atomic E-state index is 12.9. The number of thiocarbonyl (C=S) groups is 1. The molecule has 0 saturated heterocycles. The van der Waals surface area contributed by atoms with E-state index in [2.05, 4.69) is 15.7 Å². The molecular formula is C17H14FN5O2S. The Bertz CT molecular complexity index is 942. The number of nitro groups is 1. The van der Waals surface area contributed by atoms with Crippen molar-refractivity contribution >= 4 is 34.4 Å². The van der Waals surface area contributed by atoms with Gasteiger partial charge in [0.15, 0.2) is 5.11 Å². The summed E-state index contributed by atoms with van der Waals surface area (Å²) in [6, 6.07) is 12.2. The fraction of sp³-hybridized carbons (Fsp3) is 0.0588. The second-order valence-corrected chi connectivity index (χ2v) is 5.85. The van der Waals surface area contributed by atoms with Crippen LogP contribution in [0.2, 0.25) is 0 Å². The molecule has 0 bridgehead atoms. The molecule has 0 atom stereocenters. The summed E-state index contributed by atoms with van der Waals surface area (Å²) in [6.45, 7) is 0.493. The van der Waals surface area contributed by atoms with Crippen LogP contribution in [-0.2, 0) is 6.54 Å². The third kappa shape index (κ3) is 4.61. The highest BCUT2D eigenvalue weighted by molar-refractivity contribution is 7.80. The quantitative estimate of drug-likeness (QED) is 0.403. The van der Waals surface area contributed by atoms with Crippen LogP contribution in [0.3, 0.4) is 0 Å². The van der Waals surface area contributed by atoms with E-state index in [0.717, 1.165) is 5.56 Å². The topological polar surface area (TPSA) is 85.0 Å². The molecule has 132 valence electrons. The lowest BCUT2D eigenvalue weighted by molar-refractivity contribution is -0.384. The van der Waals surface area contributed by atoms with Crippen molar-refractivity contribution in [2.75, 3.05) is 10.6 Å². The molecule has 2 aromatic carbocycles. The summed E-state index contributed by atoms with van der Waals surface area (Å²) in [7, 11) is 0. The van der Waals surface area contributed by atoms with Gasteiger partial charge in [0.05, 0.1) is 23.4 Å². The first kappa shape index (κ1) is 17.5. The van der Waals surface area contributed by atoms with Gasteiger partial charge in [0.1, 0.15) is 5.82 Å². The Morgan fingerprint density at radius 3 is 2.65 bits per heavy atom. The Balaban J connectivity index is 1.60. The smallest absolute Gasteiger partial charge is 0.271 e. The number of hydrogen-bond donors (Lipinski definition) is 2. The summed E-state index contributed by atoms with van der Waals surface area (Å²) in [5, 5.41) is 21.1. The van der Waals surface area contributed by atoms with E-state index in [1.54, 1.807) is 41.3 Å². The predicted octanol–water partition coefficient (Wildman–Crippen LogP) is 3.79. The standard InChI is InChI=1S/C17H14FN5O2S/c18-13-6-4-12(5-7-13)10-22-11-15(9-19-22)21-17(26)20-14-2-1-3-16(8-14)23(24)25/h1-9,11H,10H2,(H2,20,21,26). The first-order valence-electron chi connectivity index (χ1n) is 7.59. The second kappa shape index (κ2) is 7.70. The zero-order chi connectivity index (χ0) is 18.5. The number of benzene rings is 2. The van der Waals surface area contributed by atoms with Gasteiger partial charge in [0.2, 0.25) is 0 Å². The zero-order valence-electron chi connectivity index (χ0n) is 13.4. The Morgan fingerprint density at radius 1 is 1.19 bits per heavy atom. The molecule has 0 fully saturated rings. The van der Waals surface area contributed by atoms with Crippen molar-refractivity contribution in [2.24, 2.45) is 0 Å². The van der Waals surface area contributed by atoms with E-state index in [1.165, 1.54) is 24.3 Å². The highest BCUT2D eigenvalue weighted by Crippen LogP contribution is 2.17. The zero-order valence-corrected chi connectivity index (χ0v) is 14.2. The van der Waals surface area contributed by atoms with Crippen molar-refractivity contribution in [1.29, 1.82) is 0 Å². The molecule has 2 N–H and O–H groups in total. The van der Waals surface area contributed by atoms with E-state index in [9.17, 15) is 14.5 Å². The monoisotopic (exact) mass is 371 g/mol. The van der Waals surface area contributed by atoms with Crippen molar-refractivity contribution in [2.45, 2.75) is 6.54 Å². The predicted molar refractivity (Wildman–Crippen MR) is 101 cm³/mol. The Morgan fingerprint density at radius 2 is 1.92 bits per heavy atom. The van der Waals surface area contributed by atoms with Crippen LogP contribution in [0, 0.1) is 15.9 Å². The molecule has 0 saturated carbocycles. The summed E-state index contributed by atoms with van der Waals surface area (Å²) in [4.78, 5) is 10.3. The summed E-state index contributed by atoms with van der Waals surface area (Å²) in [5.41, 5.74) is 2.06. The molecule has 0 aliphatic carbocycles. The van der Waals surface area contributed by atoms with Gasteiger partial charge in [-0.15, -0.1) is 0 Å². The molecule has 0 unspecified atom stereocenters. The number of rotatable bonds is 5. The van der Waals surface area contributed by atoms with E-state index in [0.29, 0.717) is 17.9 Å². The first-order valence-corrected chi connectivity index (χ1v) is 8.00. The van der Waals surface area contributed by atoms with Gasteiger partial charge < -0.3 is 10.6 Å². The van der Waals surface area contributed by atoms with Crippen molar-refractivity contribution in [3.63, 3.8) is 0 Å². The fourth-order valence-corrected chi connectivity index (χ4v) is 2.52. The number of aromatic nitrogens is 2. The number of nitrogens with one attached hydrogen (secondary N) is 2.